The summed E-state index contributed by atoms with van der Waals surface area (Å²) in [4.78, 5) is 34.6. The van der Waals surface area contributed by atoms with Gasteiger partial charge in [0.15, 0.2) is 0 Å². The van der Waals surface area contributed by atoms with Crippen LogP contribution in [0.5, 0.6) is 0 Å². The second kappa shape index (κ2) is 8.67. The van der Waals surface area contributed by atoms with Gasteiger partial charge in [0.1, 0.15) is 0 Å². The Bertz CT molecular complexity index is 327. The van der Waals surface area contributed by atoms with Crippen LogP contribution in [0, 0.1) is 11.8 Å². The number of unbranched alkanes of at least 4 members (excludes halogenated alkanes) is 1. The molecule has 0 saturated heterocycles. The highest BCUT2D eigenvalue weighted by Crippen LogP contribution is 2.10. The fourth-order valence-electron chi connectivity index (χ4n) is 1.83. The molecule has 0 aliphatic rings. The lowest BCUT2D eigenvalue weighted by Crippen LogP contribution is -2.48. The number of Topliss-reactive ketones (excluding diaryl/α,β-unsaturated/α-hetero) is 1. The lowest BCUT2D eigenvalue weighted by Gasteiger charge is -2.20. The molecule has 0 aliphatic heterocycles. The van der Waals surface area contributed by atoms with E-state index in [-0.39, 0.29) is 17.7 Å². The van der Waals surface area contributed by atoms with E-state index in [4.69, 9.17) is 5.73 Å². The highest BCUT2D eigenvalue weighted by molar-refractivity contribution is 6.37. The van der Waals surface area contributed by atoms with E-state index in [9.17, 15) is 14.4 Å². The van der Waals surface area contributed by atoms with Gasteiger partial charge in [0.2, 0.25) is 11.7 Å². The Morgan fingerprint density at radius 3 is 2.16 bits per heavy atom. The van der Waals surface area contributed by atoms with Gasteiger partial charge in [0.05, 0.1) is 6.04 Å². The smallest absolute Gasteiger partial charge is 0.287 e. The van der Waals surface area contributed by atoms with E-state index in [1.165, 1.54) is 0 Å². The third-order valence-electron chi connectivity index (χ3n) is 3.02. The van der Waals surface area contributed by atoms with Gasteiger partial charge < -0.3 is 11.1 Å². The molecule has 0 heterocycles. The fourth-order valence-corrected chi connectivity index (χ4v) is 1.83. The van der Waals surface area contributed by atoms with Crippen LogP contribution in [-0.4, -0.2) is 23.6 Å². The minimum Gasteiger partial charge on any atom is -0.363 e. The van der Waals surface area contributed by atoms with Gasteiger partial charge >= 0.3 is 0 Å². The Labute approximate surface area is 115 Å². The van der Waals surface area contributed by atoms with Gasteiger partial charge in [0, 0.05) is 5.92 Å². The van der Waals surface area contributed by atoms with Crippen molar-refractivity contribution in [3.05, 3.63) is 0 Å². The SMILES string of the molecule is CCCCC(C)C(=O)NC(CC(C)C)C(=O)C(N)=O. The average Bonchev–Trinajstić information content (AvgIpc) is 2.33. The number of carbonyl (C=O) groups excluding carboxylic acids is 3. The Morgan fingerprint density at radius 1 is 1.16 bits per heavy atom. The predicted octanol–water partition coefficient (Wildman–Crippen LogP) is 1.40. The zero-order valence-corrected chi connectivity index (χ0v) is 12.4. The molecule has 2 atom stereocenters. The van der Waals surface area contributed by atoms with Gasteiger partial charge in [0.25, 0.3) is 5.91 Å². The van der Waals surface area contributed by atoms with Gasteiger partial charge in [-0.15, -0.1) is 0 Å². The van der Waals surface area contributed by atoms with Crippen molar-refractivity contribution in [1.82, 2.24) is 5.32 Å². The Balaban J connectivity index is 4.58. The molecule has 0 fully saturated rings. The van der Waals surface area contributed by atoms with Crippen molar-refractivity contribution in [1.29, 1.82) is 0 Å². The van der Waals surface area contributed by atoms with Crippen molar-refractivity contribution >= 4 is 17.6 Å². The molecule has 0 aromatic rings. The van der Waals surface area contributed by atoms with Crippen LogP contribution in [-0.2, 0) is 14.4 Å². The van der Waals surface area contributed by atoms with Crippen LogP contribution >= 0.6 is 0 Å². The molecule has 2 unspecified atom stereocenters. The Hall–Kier alpha value is -1.39. The lowest BCUT2D eigenvalue weighted by atomic mass is 9.97. The second-order valence-corrected chi connectivity index (χ2v) is 5.46. The van der Waals surface area contributed by atoms with Crippen molar-refractivity contribution in [2.45, 2.75) is 59.4 Å². The largest absolute Gasteiger partial charge is 0.363 e. The van der Waals surface area contributed by atoms with Crippen LogP contribution in [0.15, 0.2) is 0 Å². The summed E-state index contributed by atoms with van der Waals surface area (Å²) in [6, 6.07) is -0.797. The van der Waals surface area contributed by atoms with Gasteiger partial charge in [-0.25, -0.2) is 0 Å². The first-order chi connectivity index (χ1) is 8.79. The Morgan fingerprint density at radius 2 is 1.74 bits per heavy atom. The normalized spacial score (nSPS) is 13.9. The van der Waals surface area contributed by atoms with Gasteiger partial charge in [-0.3, -0.25) is 14.4 Å². The molecule has 110 valence electrons. The van der Waals surface area contributed by atoms with Crippen molar-refractivity contribution in [2.75, 3.05) is 0 Å². The summed E-state index contributed by atoms with van der Waals surface area (Å²) in [7, 11) is 0. The molecule has 0 aliphatic carbocycles. The molecule has 0 bridgehead atoms. The number of hydrogen-bond donors (Lipinski definition) is 2. The standard InChI is InChI=1S/C14H26N2O3/c1-5-6-7-10(4)14(19)16-11(8-9(2)3)12(17)13(15)18/h9-11H,5-8H2,1-4H3,(H2,15,18)(H,16,19). The molecule has 3 N–H and O–H groups in total. The van der Waals surface area contributed by atoms with E-state index in [2.05, 4.69) is 12.2 Å². The molecule has 0 aromatic heterocycles. The van der Waals surface area contributed by atoms with Crippen LogP contribution in [0.3, 0.4) is 0 Å². The Kier molecular flexibility index (Phi) is 8.03. The predicted molar refractivity (Wildman–Crippen MR) is 74.3 cm³/mol. The highest BCUT2D eigenvalue weighted by Gasteiger charge is 2.27. The molecule has 5 heteroatoms. The molecule has 0 spiro atoms. The monoisotopic (exact) mass is 270 g/mol. The highest BCUT2D eigenvalue weighted by atomic mass is 16.2. The molecule has 5 nitrogen and oxygen atoms in total. The first-order valence-corrected chi connectivity index (χ1v) is 6.93. The van der Waals surface area contributed by atoms with E-state index in [1.807, 2.05) is 20.8 Å². The van der Waals surface area contributed by atoms with E-state index in [1.54, 1.807) is 0 Å². The molecule has 2 amide bonds. The van der Waals surface area contributed by atoms with Crippen molar-refractivity contribution in [2.24, 2.45) is 17.6 Å². The maximum atomic E-state index is 12.0. The number of nitrogens with one attached hydrogen (secondary N) is 1. The van der Waals surface area contributed by atoms with Gasteiger partial charge in [-0.1, -0.05) is 40.5 Å². The van der Waals surface area contributed by atoms with Crippen LogP contribution < -0.4 is 11.1 Å². The molecule has 0 aromatic carbocycles. The van der Waals surface area contributed by atoms with Crippen molar-refractivity contribution in [3.8, 4) is 0 Å². The molecule has 19 heavy (non-hydrogen) atoms. The summed E-state index contributed by atoms with van der Waals surface area (Å²) in [5, 5.41) is 2.65. The van der Waals surface area contributed by atoms with Crippen LogP contribution in [0.1, 0.15) is 53.4 Å². The fraction of sp³-hybridized carbons (Fsp3) is 0.786. The number of amides is 2. The second-order valence-electron chi connectivity index (χ2n) is 5.46. The van der Waals surface area contributed by atoms with Crippen LogP contribution in [0.25, 0.3) is 0 Å². The zero-order valence-electron chi connectivity index (χ0n) is 12.4. The maximum absolute atomic E-state index is 12.0. The minimum absolute atomic E-state index is 0.157. The summed E-state index contributed by atoms with van der Waals surface area (Å²) in [6.07, 6.45) is 3.19. The molecular formula is C14H26N2O3. The van der Waals surface area contributed by atoms with Gasteiger partial charge in [-0.05, 0) is 18.8 Å². The van der Waals surface area contributed by atoms with E-state index in [0.717, 1.165) is 19.3 Å². The van der Waals surface area contributed by atoms with Gasteiger partial charge in [-0.2, -0.15) is 0 Å². The minimum atomic E-state index is -0.993. The summed E-state index contributed by atoms with van der Waals surface area (Å²) in [5.74, 6) is -1.86. The van der Waals surface area contributed by atoms with E-state index in [0.29, 0.717) is 6.42 Å². The molecular weight excluding hydrogens is 244 g/mol. The number of carbonyl (C=O) groups is 3. The first kappa shape index (κ1) is 17.6. The van der Waals surface area contributed by atoms with Crippen LogP contribution in [0.4, 0.5) is 0 Å². The summed E-state index contributed by atoms with van der Waals surface area (Å²) < 4.78 is 0. The maximum Gasteiger partial charge on any atom is 0.287 e. The van der Waals surface area contributed by atoms with E-state index < -0.39 is 17.7 Å². The van der Waals surface area contributed by atoms with Crippen molar-refractivity contribution < 1.29 is 14.4 Å². The molecule has 0 radical (unpaired) electrons. The number of primary amides is 1. The van der Waals surface area contributed by atoms with E-state index >= 15 is 0 Å². The number of ketones is 1. The summed E-state index contributed by atoms with van der Waals surface area (Å²) in [5.41, 5.74) is 5.00. The van der Waals surface area contributed by atoms with Crippen molar-refractivity contribution in [3.63, 3.8) is 0 Å². The third-order valence-corrected chi connectivity index (χ3v) is 3.02. The number of rotatable bonds is 9. The molecule has 0 rings (SSSR count). The summed E-state index contributed by atoms with van der Waals surface area (Å²) in [6.45, 7) is 7.73. The third kappa shape index (κ3) is 6.94. The number of hydrogen-bond acceptors (Lipinski definition) is 3. The van der Waals surface area contributed by atoms with Crippen LogP contribution in [0.2, 0.25) is 0 Å². The first-order valence-electron chi connectivity index (χ1n) is 6.93. The lowest BCUT2D eigenvalue weighted by molar-refractivity contribution is -0.139. The quantitative estimate of drug-likeness (QED) is 0.620. The average molecular weight is 270 g/mol. The zero-order chi connectivity index (χ0) is 15.0. The summed E-state index contributed by atoms with van der Waals surface area (Å²) >= 11 is 0. The topological polar surface area (TPSA) is 89.3 Å². The number of nitrogens with two attached hydrogens (primary N) is 1. The molecule has 0 saturated carbocycles.